The van der Waals surface area contributed by atoms with Gasteiger partial charge in [0.2, 0.25) is 5.91 Å². The molecule has 0 atom stereocenters. The molecule has 0 bridgehead atoms. The number of halogens is 2. The van der Waals surface area contributed by atoms with E-state index in [9.17, 15) is 14.9 Å². The fraction of sp³-hybridized carbons (Fsp3) is 0.150. The fourth-order valence-electron chi connectivity index (χ4n) is 2.59. The van der Waals surface area contributed by atoms with Gasteiger partial charge in [0.15, 0.2) is 11.0 Å². The van der Waals surface area contributed by atoms with Crippen LogP contribution in [0.5, 0.6) is 5.75 Å². The highest BCUT2D eigenvalue weighted by Crippen LogP contribution is 2.28. The Bertz CT molecular complexity index is 1150. The van der Waals surface area contributed by atoms with E-state index in [1.807, 2.05) is 6.07 Å². The Morgan fingerprint density at radius 1 is 1.25 bits per heavy atom. The smallest absolute Gasteiger partial charge is 0.271 e. The van der Waals surface area contributed by atoms with Crippen LogP contribution in [0, 0.1) is 10.1 Å². The third-order valence-electron chi connectivity index (χ3n) is 4.07. The maximum absolute atomic E-state index is 12.4. The molecule has 1 aromatic heterocycles. The van der Waals surface area contributed by atoms with Gasteiger partial charge in [-0.2, -0.15) is 0 Å². The number of carbonyl (C=O) groups is 1. The number of hydrogen-bond acceptors (Lipinski definition) is 7. The molecule has 9 nitrogen and oxygen atoms in total. The summed E-state index contributed by atoms with van der Waals surface area (Å²) >= 11 is 13.3. The van der Waals surface area contributed by atoms with Gasteiger partial charge >= 0.3 is 0 Å². The molecule has 32 heavy (non-hydrogen) atoms. The van der Waals surface area contributed by atoms with Crippen molar-refractivity contribution in [2.45, 2.75) is 18.3 Å². The second-order valence-corrected chi connectivity index (χ2v) is 8.03. The van der Waals surface area contributed by atoms with E-state index in [1.54, 1.807) is 28.8 Å². The topological polar surface area (TPSA) is 112 Å². The van der Waals surface area contributed by atoms with Crippen molar-refractivity contribution in [1.82, 2.24) is 14.8 Å². The van der Waals surface area contributed by atoms with E-state index in [1.165, 1.54) is 18.2 Å². The van der Waals surface area contributed by atoms with E-state index in [4.69, 9.17) is 27.9 Å². The zero-order valence-corrected chi connectivity index (χ0v) is 18.9. The van der Waals surface area contributed by atoms with Crippen LogP contribution >= 0.6 is 35.0 Å². The van der Waals surface area contributed by atoms with Crippen molar-refractivity contribution in [3.63, 3.8) is 0 Å². The number of non-ortho nitro benzene ring substituents is 1. The number of hydrogen-bond donors (Lipinski definition) is 1. The number of aromatic nitrogens is 3. The van der Waals surface area contributed by atoms with Gasteiger partial charge in [-0.1, -0.05) is 53.2 Å². The molecular formula is C20H17Cl2N5O4S. The van der Waals surface area contributed by atoms with E-state index >= 15 is 0 Å². The number of nitrogens with zero attached hydrogens (tertiary/aromatic N) is 4. The molecule has 0 aliphatic rings. The molecule has 0 saturated carbocycles. The summed E-state index contributed by atoms with van der Waals surface area (Å²) in [5.41, 5.74) is -0.0147. The quantitative estimate of drug-likeness (QED) is 0.183. The Morgan fingerprint density at radius 3 is 2.75 bits per heavy atom. The minimum atomic E-state index is -0.565. The Hall–Kier alpha value is -3.08. The Balaban J connectivity index is 1.65. The van der Waals surface area contributed by atoms with Gasteiger partial charge in [-0.3, -0.25) is 19.5 Å². The molecule has 0 saturated heterocycles. The maximum atomic E-state index is 12.4. The first-order chi connectivity index (χ1) is 15.4. The summed E-state index contributed by atoms with van der Waals surface area (Å²) in [5, 5.41) is 22.9. The molecule has 0 radical (unpaired) electrons. The van der Waals surface area contributed by atoms with Gasteiger partial charge in [-0.15, -0.1) is 16.8 Å². The minimum absolute atomic E-state index is 0.0142. The summed E-state index contributed by atoms with van der Waals surface area (Å²) in [6, 6.07) is 10.9. The highest BCUT2D eigenvalue weighted by molar-refractivity contribution is 7.99. The molecule has 3 aromatic rings. The van der Waals surface area contributed by atoms with Crippen molar-refractivity contribution < 1.29 is 14.5 Å². The highest BCUT2D eigenvalue weighted by Gasteiger charge is 2.16. The van der Waals surface area contributed by atoms with Crippen LogP contribution in [-0.2, 0) is 17.9 Å². The summed E-state index contributed by atoms with van der Waals surface area (Å²) in [4.78, 5) is 22.7. The predicted octanol–water partition coefficient (Wildman–Crippen LogP) is 4.99. The van der Waals surface area contributed by atoms with Crippen LogP contribution in [0.4, 0.5) is 11.4 Å². The molecule has 12 heteroatoms. The standard InChI is InChI=1S/C20H17Cl2N5O4S/c1-2-9-26-18(11-31-17-6-4-3-5-15(17)22)24-25-20(26)32-12-19(28)23-16-10-13(27(29)30)7-8-14(16)21/h2-8,10H,1,9,11-12H2,(H,23,28). The van der Waals surface area contributed by atoms with Gasteiger partial charge in [0.05, 0.1) is 26.4 Å². The number of anilines is 1. The van der Waals surface area contributed by atoms with Gasteiger partial charge in [0.25, 0.3) is 5.69 Å². The highest BCUT2D eigenvalue weighted by atomic mass is 35.5. The van der Waals surface area contributed by atoms with Gasteiger partial charge in [0.1, 0.15) is 12.4 Å². The molecule has 0 spiro atoms. The molecule has 2 aromatic carbocycles. The molecule has 0 aliphatic heterocycles. The van der Waals surface area contributed by atoms with Crippen molar-refractivity contribution >= 4 is 52.2 Å². The van der Waals surface area contributed by atoms with E-state index in [0.717, 1.165) is 11.8 Å². The number of para-hydroxylation sites is 1. The molecule has 1 N–H and O–H groups in total. The Labute approximate surface area is 197 Å². The number of nitro benzene ring substituents is 1. The van der Waals surface area contributed by atoms with Gasteiger partial charge in [-0.05, 0) is 18.2 Å². The fourth-order valence-corrected chi connectivity index (χ4v) is 3.71. The third kappa shape index (κ3) is 6.00. The number of thioether (sulfide) groups is 1. The zero-order chi connectivity index (χ0) is 23.1. The third-order valence-corrected chi connectivity index (χ3v) is 5.67. The molecular weight excluding hydrogens is 477 g/mol. The van der Waals surface area contributed by atoms with Gasteiger partial charge < -0.3 is 10.1 Å². The number of nitrogens with one attached hydrogen (secondary N) is 1. The number of allylic oxidation sites excluding steroid dienone is 1. The number of nitro groups is 1. The molecule has 1 amide bonds. The van der Waals surface area contributed by atoms with E-state index in [-0.39, 0.29) is 28.8 Å². The van der Waals surface area contributed by atoms with E-state index < -0.39 is 10.8 Å². The van der Waals surface area contributed by atoms with Crippen LogP contribution in [0.15, 0.2) is 60.3 Å². The Morgan fingerprint density at radius 2 is 2.03 bits per heavy atom. The van der Waals surface area contributed by atoms with E-state index in [0.29, 0.717) is 28.3 Å². The predicted molar refractivity (Wildman–Crippen MR) is 123 cm³/mol. The largest absolute Gasteiger partial charge is 0.484 e. The minimum Gasteiger partial charge on any atom is -0.484 e. The summed E-state index contributed by atoms with van der Waals surface area (Å²) < 4.78 is 7.49. The average Bonchev–Trinajstić information content (AvgIpc) is 3.15. The lowest BCUT2D eigenvalue weighted by molar-refractivity contribution is -0.384. The molecule has 166 valence electrons. The van der Waals surface area contributed by atoms with Gasteiger partial charge in [-0.25, -0.2) is 0 Å². The molecule has 0 fully saturated rings. The van der Waals surface area contributed by atoms with Crippen molar-refractivity contribution in [2.75, 3.05) is 11.1 Å². The zero-order valence-electron chi connectivity index (χ0n) is 16.5. The van der Waals surface area contributed by atoms with Crippen LogP contribution in [0.3, 0.4) is 0 Å². The van der Waals surface area contributed by atoms with Crippen molar-refractivity contribution in [3.05, 3.63) is 81.1 Å². The first-order valence-electron chi connectivity index (χ1n) is 9.16. The molecule has 3 rings (SSSR count). The number of carbonyl (C=O) groups excluding carboxylic acids is 1. The maximum Gasteiger partial charge on any atom is 0.271 e. The normalized spacial score (nSPS) is 10.6. The molecule has 0 unspecified atom stereocenters. The first-order valence-corrected chi connectivity index (χ1v) is 10.9. The summed E-state index contributed by atoms with van der Waals surface area (Å²) in [5.74, 6) is 0.637. The van der Waals surface area contributed by atoms with Crippen molar-refractivity contribution in [1.29, 1.82) is 0 Å². The second kappa shape index (κ2) is 11.0. The summed E-state index contributed by atoms with van der Waals surface area (Å²) in [6.07, 6.45) is 1.68. The van der Waals surface area contributed by atoms with Crippen LogP contribution in [-0.4, -0.2) is 31.3 Å². The van der Waals surface area contributed by atoms with Crippen LogP contribution < -0.4 is 10.1 Å². The lowest BCUT2D eigenvalue weighted by Gasteiger charge is -2.10. The van der Waals surface area contributed by atoms with E-state index in [2.05, 4.69) is 22.1 Å². The molecule has 0 aliphatic carbocycles. The van der Waals surface area contributed by atoms with Crippen molar-refractivity contribution in [2.24, 2.45) is 0 Å². The Kier molecular flexibility index (Phi) is 8.09. The van der Waals surface area contributed by atoms with Crippen LogP contribution in [0.2, 0.25) is 10.0 Å². The van der Waals surface area contributed by atoms with Crippen LogP contribution in [0.25, 0.3) is 0 Å². The van der Waals surface area contributed by atoms with Crippen LogP contribution in [0.1, 0.15) is 5.82 Å². The SMILES string of the molecule is C=CCn1c(COc2ccccc2Cl)nnc1SCC(=O)Nc1cc([N+](=O)[O-])ccc1Cl. The number of ether oxygens (including phenoxy) is 1. The summed E-state index contributed by atoms with van der Waals surface area (Å²) in [6.45, 7) is 4.27. The van der Waals surface area contributed by atoms with Crippen molar-refractivity contribution in [3.8, 4) is 5.75 Å². The number of rotatable bonds is 10. The second-order valence-electron chi connectivity index (χ2n) is 6.28. The van der Waals surface area contributed by atoms with Gasteiger partial charge in [0, 0.05) is 18.7 Å². The summed E-state index contributed by atoms with van der Waals surface area (Å²) in [7, 11) is 0. The molecule has 1 heterocycles. The average molecular weight is 494 g/mol. The monoisotopic (exact) mass is 493 g/mol. The number of amides is 1. The number of benzene rings is 2. The lowest BCUT2D eigenvalue weighted by Crippen LogP contribution is -2.15. The lowest BCUT2D eigenvalue weighted by atomic mass is 10.3. The first kappa shape index (κ1) is 23.6.